The number of fused-ring (bicyclic) bond motifs is 1. The van der Waals surface area contributed by atoms with Gasteiger partial charge in [0.2, 0.25) is 0 Å². The summed E-state index contributed by atoms with van der Waals surface area (Å²) in [7, 11) is 1.77. The Balaban J connectivity index is 1.62. The molecule has 1 aliphatic heterocycles. The van der Waals surface area contributed by atoms with Crippen LogP contribution in [0.5, 0.6) is 5.75 Å². The van der Waals surface area contributed by atoms with Crippen molar-refractivity contribution in [3.05, 3.63) is 23.8 Å². The third-order valence-corrected chi connectivity index (χ3v) is 4.69. The predicted molar refractivity (Wildman–Crippen MR) is 80.4 cm³/mol. The Labute approximate surface area is 125 Å². The third kappa shape index (κ3) is 2.63. The number of nitrogens with one attached hydrogen (secondary N) is 2. The summed E-state index contributed by atoms with van der Waals surface area (Å²) in [5.74, 6) is 0.637. The summed E-state index contributed by atoms with van der Waals surface area (Å²) in [5.41, 5.74) is 2.05. The molecule has 2 atom stereocenters. The molecule has 0 bridgehead atoms. The SMILES string of the molecule is COC1CC(NCc2ccc3c(c2)NC(=O)CO3)C1(C)C. The van der Waals surface area contributed by atoms with E-state index in [9.17, 15) is 4.79 Å². The summed E-state index contributed by atoms with van der Waals surface area (Å²) in [6, 6.07) is 6.36. The van der Waals surface area contributed by atoms with Gasteiger partial charge in [0.05, 0.1) is 11.8 Å². The number of carbonyl (C=O) groups is 1. The zero-order valence-corrected chi connectivity index (χ0v) is 12.7. The van der Waals surface area contributed by atoms with E-state index in [0.29, 0.717) is 12.1 Å². The number of anilines is 1. The molecule has 2 aliphatic rings. The van der Waals surface area contributed by atoms with E-state index in [1.165, 1.54) is 0 Å². The lowest BCUT2D eigenvalue weighted by molar-refractivity contribution is -0.118. The normalized spacial score (nSPS) is 26.3. The number of methoxy groups -OCH3 is 1. The van der Waals surface area contributed by atoms with Gasteiger partial charge in [-0.3, -0.25) is 4.79 Å². The maximum absolute atomic E-state index is 11.3. The van der Waals surface area contributed by atoms with Gasteiger partial charge in [0, 0.05) is 25.1 Å². The molecule has 1 aliphatic carbocycles. The summed E-state index contributed by atoms with van der Waals surface area (Å²) >= 11 is 0. The molecule has 5 heteroatoms. The molecule has 0 aromatic heterocycles. The molecule has 0 radical (unpaired) electrons. The Morgan fingerprint density at radius 2 is 2.29 bits per heavy atom. The van der Waals surface area contributed by atoms with Gasteiger partial charge >= 0.3 is 0 Å². The second-order valence-corrected chi connectivity index (χ2v) is 6.38. The largest absolute Gasteiger partial charge is 0.482 e. The van der Waals surface area contributed by atoms with Crippen molar-refractivity contribution < 1.29 is 14.3 Å². The zero-order chi connectivity index (χ0) is 15.0. The van der Waals surface area contributed by atoms with Gasteiger partial charge in [-0.25, -0.2) is 0 Å². The second-order valence-electron chi connectivity index (χ2n) is 6.38. The lowest BCUT2D eigenvalue weighted by Gasteiger charge is -2.51. The maximum Gasteiger partial charge on any atom is 0.262 e. The number of hydrogen-bond acceptors (Lipinski definition) is 4. The highest BCUT2D eigenvalue weighted by molar-refractivity contribution is 5.95. The highest BCUT2D eigenvalue weighted by atomic mass is 16.5. The van der Waals surface area contributed by atoms with E-state index in [1.54, 1.807) is 7.11 Å². The highest BCUT2D eigenvalue weighted by Crippen LogP contribution is 2.42. The van der Waals surface area contributed by atoms with Gasteiger partial charge in [-0.2, -0.15) is 0 Å². The molecular formula is C16H22N2O3. The van der Waals surface area contributed by atoms with Crippen LogP contribution in [0.2, 0.25) is 0 Å². The Morgan fingerprint density at radius 3 is 3.00 bits per heavy atom. The topological polar surface area (TPSA) is 59.6 Å². The Hall–Kier alpha value is -1.59. The molecule has 5 nitrogen and oxygen atoms in total. The van der Waals surface area contributed by atoms with Crippen molar-refractivity contribution in [3.8, 4) is 5.75 Å². The van der Waals surface area contributed by atoms with Crippen molar-refractivity contribution >= 4 is 11.6 Å². The minimum atomic E-state index is -0.101. The molecule has 1 aromatic carbocycles. The van der Waals surface area contributed by atoms with E-state index in [1.807, 2.05) is 18.2 Å². The van der Waals surface area contributed by atoms with Gasteiger partial charge in [-0.05, 0) is 24.1 Å². The molecule has 3 rings (SSSR count). The van der Waals surface area contributed by atoms with E-state index < -0.39 is 0 Å². The van der Waals surface area contributed by atoms with Crippen molar-refractivity contribution in [2.24, 2.45) is 5.41 Å². The summed E-state index contributed by atoms with van der Waals surface area (Å²) < 4.78 is 10.8. The van der Waals surface area contributed by atoms with Crippen molar-refractivity contribution in [2.75, 3.05) is 19.0 Å². The molecule has 1 saturated carbocycles. The second kappa shape index (κ2) is 5.31. The van der Waals surface area contributed by atoms with Gasteiger partial charge in [0.1, 0.15) is 5.75 Å². The van der Waals surface area contributed by atoms with E-state index in [-0.39, 0.29) is 17.9 Å². The number of benzene rings is 1. The number of ether oxygens (including phenoxy) is 2. The highest BCUT2D eigenvalue weighted by Gasteiger charge is 2.48. The van der Waals surface area contributed by atoms with Gasteiger partial charge < -0.3 is 20.1 Å². The molecule has 0 saturated heterocycles. The van der Waals surface area contributed by atoms with Crippen LogP contribution >= 0.6 is 0 Å². The van der Waals surface area contributed by atoms with E-state index >= 15 is 0 Å². The fourth-order valence-corrected chi connectivity index (χ4v) is 3.11. The molecule has 21 heavy (non-hydrogen) atoms. The van der Waals surface area contributed by atoms with Crippen LogP contribution in [0, 0.1) is 5.41 Å². The Bertz CT molecular complexity index is 556. The van der Waals surface area contributed by atoms with Crippen LogP contribution in [0.25, 0.3) is 0 Å². The minimum Gasteiger partial charge on any atom is -0.482 e. The fraction of sp³-hybridized carbons (Fsp3) is 0.562. The van der Waals surface area contributed by atoms with Gasteiger partial charge in [-0.1, -0.05) is 19.9 Å². The number of hydrogen-bond donors (Lipinski definition) is 2. The molecule has 1 fully saturated rings. The molecular weight excluding hydrogens is 268 g/mol. The summed E-state index contributed by atoms with van der Waals surface area (Å²) in [6.45, 7) is 5.32. The average Bonchev–Trinajstić information content (AvgIpc) is 2.45. The first-order chi connectivity index (χ1) is 10.0. The van der Waals surface area contributed by atoms with Gasteiger partial charge in [0.15, 0.2) is 6.61 Å². The monoisotopic (exact) mass is 290 g/mol. The summed E-state index contributed by atoms with van der Waals surface area (Å²) in [5, 5.41) is 6.41. The summed E-state index contributed by atoms with van der Waals surface area (Å²) in [6.07, 6.45) is 1.36. The molecule has 0 spiro atoms. The number of rotatable bonds is 4. The summed E-state index contributed by atoms with van der Waals surface area (Å²) in [4.78, 5) is 11.3. The zero-order valence-electron chi connectivity index (χ0n) is 12.7. The van der Waals surface area contributed by atoms with Crippen molar-refractivity contribution in [1.29, 1.82) is 0 Å². The Kier molecular flexibility index (Phi) is 3.63. The van der Waals surface area contributed by atoms with E-state index in [2.05, 4.69) is 24.5 Å². The smallest absolute Gasteiger partial charge is 0.262 e. The minimum absolute atomic E-state index is 0.0965. The molecule has 1 aromatic rings. The van der Waals surface area contributed by atoms with Crippen LogP contribution in [0.4, 0.5) is 5.69 Å². The fourth-order valence-electron chi connectivity index (χ4n) is 3.11. The first kappa shape index (κ1) is 14.4. The Morgan fingerprint density at radius 1 is 1.48 bits per heavy atom. The van der Waals surface area contributed by atoms with E-state index in [4.69, 9.17) is 9.47 Å². The quantitative estimate of drug-likeness (QED) is 0.889. The third-order valence-electron chi connectivity index (χ3n) is 4.69. The van der Waals surface area contributed by atoms with Gasteiger partial charge in [0.25, 0.3) is 5.91 Å². The van der Waals surface area contributed by atoms with Crippen LogP contribution in [0.3, 0.4) is 0 Å². The van der Waals surface area contributed by atoms with Gasteiger partial charge in [-0.15, -0.1) is 0 Å². The van der Waals surface area contributed by atoms with E-state index in [0.717, 1.165) is 30.0 Å². The van der Waals surface area contributed by atoms with Crippen LogP contribution < -0.4 is 15.4 Å². The molecule has 2 N–H and O–H groups in total. The average molecular weight is 290 g/mol. The molecule has 2 unspecified atom stereocenters. The van der Waals surface area contributed by atoms with Crippen LogP contribution in [0.15, 0.2) is 18.2 Å². The first-order valence-electron chi connectivity index (χ1n) is 7.32. The van der Waals surface area contributed by atoms with Crippen molar-refractivity contribution in [2.45, 2.75) is 39.0 Å². The first-order valence-corrected chi connectivity index (χ1v) is 7.32. The van der Waals surface area contributed by atoms with Crippen LogP contribution in [-0.2, 0) is 16.1 Å². The van der Waals surface area contributed by atoms with Crippen LogP contribution in [0.1, 0.15) is 25.8 Å². The number of carbonyl (C=O) groups excluding carboxylic acids is 1. The standard InChI is InChI=1S/C16H22N2O3/c1-16(2)13(7-14(16)20-3)17-8-10-4-5-12-11(6-10)18-15(19)9-21-12/h4-6,13-14,17H,7-9H2,1-3H3,(H,18,19). The molecule has 1 amide bonds. The lowest BCUT2D eigenvalue weighted by Crippen LogP contribution is -2.60. The number of amides is 1. The van der Waals surface area contributed by atoms with Crippen LogP contribution in [-0.4, -0.2) is 31.8 Å². The predicted octanol–water partition coefficient (Wildman–Crippen LogP) is 1.92. The van der Waals surface area contributed by atoms with Crippen molar-refractivity contribution in [3.63, 3.8) is 0 Å². The maximum atomic E-state index is 11.3. The lowest BCUT2D eigenvalue weighted by atomic mass is 9.64. The molecule has 1 heterocycles. The van der Waals surface area contributed by atoms with Crippen molar-refractivity contribution in [1.82, 2.24) is 5.32 Å². The molecule has 114 valence electrons.